The average Bonchev–Trinajstić information content (AvgIpc) is 2.78. The largest absolute Gasteiger partial charge is 0.478 e. The smallest absolute Gasteiger partial charge is 0.328 e. The monoisotopic (exact) mass is 421 g/mol. The summed E-state index contributed by atoms with van der Waals surface area (Å²) in [4.78, 5) is 40.1. The van der Waals surface area contributed by atoms with Crippen LogP contribution >= 0.6 is 0 Å². The zero-order valence-corrected chi connectivity index (χ0v) is 16.9. The molecule has 0 bridgehead atoms. The number of nitrogens with zero attached hydrogens (tertiary/aromatic N) is 1. The van der Waals surface area contributed by atoms with E-state index in [0.29, 0.717) is 22.8 Å². The van der Waals surface area contributed by atoms with Gasteiger partial charge in [0.15, 0.2) is 5.96 Å². The van der Waals surface area contributed by atoms with Crippen LogP contribution in [0.2, 0.25) is 0 Å². The third-order valence-corrected chi connectivity index (χ3v) is 4.47. The Morgan fingerprint density at radius 1 is 1.10 bits per heavy atom. The number of aliphatic imine (C=N–C) groups is 1. The van der Waals surface area contributed by atoms with E-state index < -0.39 is 11.9 Å². The van der Waals surface area contributed by atoms with Gasteiger partial charge in [0.1, 0.15) is 0 Å². The molecule has 0 spiro atoms. The van der Waals surface area contributed by atoms with Gasteiger partial charge >= 0.3 is 5.97 Å². The molecule has 2 aromatic carbocycles. The fourth-order valence-corrected chi connectivity index (χ4v) is 2.97. The molecule has 1 heterocycles. The number of carbonyl (C=O) groups excluding carboxylic acids is 2. The van der Waals surface area contributed by atoms with Crippen molar-refractivity contribution in [3.8, 4) is 0 Å². The fourth-order valence-electron chi connectivity index (χ4n) is 2.97. The highest BCUT2D eigenvalue weighted by Gasteiger charge is 2.13. The molecule has 9 nitrogen and oxygen atoms in total. The number of hydrogen-bond acceptors (Lipinski definition) is 6. The van der Waals surface area contributed by atoms with E-state index in [-0.39, 0.29) is 11.5 Å². The number of amides is 2. The maximum Gasteiger partial charge on any atom is 0.328 e. The number of benzene rings is 2. The second kappa shape index (κ2) is 10.1. The normalized spacial score (nSPS) is 13.1. The van der Waals surface area contributed by atoms with Gasteiger partial charge in [0.25, 0.3) is 11.8 Å². The Hall–Kier alpha value is -4.14. The zero-order chi connectivity index (χ0) is 22.2. The quantitative estimate of drug-likeness (QED) is 0.454. The average molecular weight is 421 g/mol. The number of rotatable bonds is 6. The highest BCUT2D eigenvalue weighted by Crippen LogP contribution is 2.19. The summed E-state index contributed by atoms with van der Waals surface area (Å²) < 4.78 is 0. The van der Waals surface area contributed by atoms with E-state index in [4.69, 9.17) is 5.11 Å². The van der Waals surface area contributed by atoms with Crippen LogP contribution in [-0.2, 0) is 4.79 Å². The van der Waals surface area contributed by atoms with Crippen LogP contribution in [0, 0.1) is 0 Å². The first-order valence-corrected chi connectivity index (χ1v) is 9.70. The molecule has 31 heavy (non-hydrogen) atoms. The van der Waals surface area contributed by atoms with Crippen molar-refractivity contribution in [3.05, 3.63) is 65.2 Å². The van der Waals surface area contributed by atoms with Gasteiger partial charge in [0.2, 0.25) is 0 Å². The van der Waals surface area contributed by atoms with Crippen molar-refractivity contribution in [3.63, 3.8) is 0 Å². The van der Waals surface area contributed by atoms with Crippen LogP contribution in [0.15, 0.2) is 53.5 Å². The summed E-state index contributed by atoms with van der Waals surface area (Å²) in [5, 5.41) is 20.4. The van der Waals surface area contributed by atoms with Crippen molar-refractivity contribution < 1.29 is 19.5 Å². The van der Waals surface area contributed by atoms with E-state index in [2.05, 4.69) is 26.3 Å². The van der Waals surface area contributed by atoms with Gasteiger partial charge in [-0.15, -0.1) is 0 Å². The summed E-state index contributed by atoms with van der Waals surface area (Å²) in [7, 11) is 1.47. The van der Waals surface area contributed by atoms with Gasteiger partial charge in [-0.25, -0.2) is 4.79 Å². The molecule has 0 aromatic heterocycles. The summed E-state index contributed by atoms with van der Waals surface area (Å²) >= 11 is 0. The first-order valence-electron chi connectivity index (χ1n) is 9.70. The van der Waals surface area contributed by atoms with Gasteiger partial charge in [-0.05, 0) is 48.4 Å². The van der Waals surface area contributed by atoms with E-state index in [1.807, 2.05) is 6.07 Å². The molecule has 5 N–H and O–H groups in total. The standard InChI is InChI=1S/C22H23N5O4/c1-23-21(31)18-13-17(8-6-14(18)7-9-19(28)29)26-20(30)15-4-2-5-16(12-15)27-22-24-10-3-11-25-22/h2,4-9,12-13H,3,10-11H2,1H3,(H,23,31)(H,26,30)(H,28,29)(H2,24,25,27)/b9-7+. The summed E-state index contributed by atoms with van der Waals surface area (Å²) in [5.41, 5.74) is 2.23. The minimum atomic E-state index is -1.12. The van der Waals surface area contributed by atoms with Crippen LogP contribution in [0.1, 0.15) is 32.7 Å². The van der Waals surface area contributed by atoms with Crippen LogP contribution in [0.5, 0.6) is 0 Å². The van der Waals surface area contributed by atoms with Gasteiger partial charge < -0.3 is 26.4 Å². The number of hydrogen-bond donors (Lipinski definition) is 5. The van der Waals surface area contributed by atoms with Crippen LogP contribution < -0.4 is 21.3 Å². The van der Waals surface area contributed by atoms with E-state index in [1.54, 1.807) is 30.3 Å². The van der Waals surface area contributed by atoms with Gasteiger partial charge in [-0.3, -0.25) is 14.6 Å². The highest BCUT2D eigenvalue weighted by molar-refractivity contribution is 6.07. The summed E-state index contributed by atoms with van der Waals surface area (Å²) in [6.45, 7) is 1.60. The molecular weight excluding hydrogens is 398 g/mol. The number of aliphatic carboxylic acids is 1. The molecular formula is C22H23N5O4. The Labute approximate surface area is 179 Å². The topological polar surface area (TPSA) is 132 Å². The summed E-state index contributed by atoms with van der Waals surface area (Å²) in [6.07, 6.45) is 3.26. The number of guanidine groups is 1. The summed E-state index contributed by atoms with van der Waals surface area (Å²) in [5.74, 6) is -1.20. The molecule has 1 aliphatic heterocycles. The summed E-state index contributed by atoms with van der Waals surface area (Å²) in [6, 6.07) is 11.7. The van der Waals surface area contributed by atoms with E-state index in [0.717, 1.165) is 31.3 Å². The number of nitrogens with one attached hydrogen (secondary N) is 4. The molecule has 2 aromatic rings. The Morgan fingerprint density at radius 3 is 2.65 bits per heavy atom. The molecule has 1 aliphatic rings. The number of carbonyl (C=O) groups is 3. The minimum absolute atomic E-state index is 0.245. The van der Waals surface area contributed by atoms with Crippen molar-refractivity contribution >= 4 is 41.2 Å². The lowest BCUT2D eigenvalue weighted by Crippen LogP contribution is -2.35. The van der Waals surface area contributed by atoms with Crippen LogP contribution in [0.4, 0.5) is 11.4 Å². The van der Waals surface area contributed by atoms with Crippen LogP contribution in [0.3, 0.4) is 0 Å². The van der Waals surface area contributed by atoms with E-state index >= 15 is 0 Å². The molecule has 0 saturated heterocycles. The first kappa shape index (κ1) is 21.6. The van der Waals surface area contributed by atoms with Crippen LogP contribution in [0.25, 0.3) is 6.08 Å². The molecule has 0 radical (unpaired) electrons. The van der Waals surface area contributed by atoms with E-state index in [1.165, 1.54) is 19.2 Å². The maximum absolute atomic E-state index is 12.7. The Morgan fingerprint density at radius 2 is 1.94 bits per heavy atom. The SMILES string of the molecule is CNC(=O)c1cc(NC(=O)c2cccc(NC3=NCCCN3)c2)ccc1/C=C/C(=O)O. The molecule has 9 heteroatoms. The highest BCUT2D eigenvalue weighted by atomic mass is 16.4. The molecule has 0 unspecified atom stereocenters. The predicted molar refractivity (Wildman–Crippen MR) is 119 cm³/mol. The number of anilines is 2. The van der Waals surface area contributed by atoms with Crippen molar-refractivity contribution in [2.75, 3.05) is 30.8 Å². The molecule has 160 valence electrons. The minimum Gasteiger partial charge on any atom is -0.478 e. The molecule has 2 amide bonds. The zero-order valence-electron chi connectivity index (χ0n) is 16.9. The lowest BCUT2D eigenvalue weighted by Gasteiger charge is -2.16. The first-order chi connectivity index (χ1) is 15.0. The van der Waals surface area contributed by atoms with Gasteiger partial charge in [0.05, 0.1) is 0 Å². The molecule has 0 atom stereocenters. The van der Waals surface area contributed by atoms with Gasteiger partial charge in [-0.2, -0.15) is 0 Å². The Kier molecular flexibility index (Phi) is 7.00. The lowest BCUT2D eigenvalue weighted by atomic mass is 10.0. The van der Waals surface area contributed by atoms with Crippen molar-refractivity contribution in [2.45, 2.75) is 6.42 Å². The second-order valence-corrected chi connectivity index (χ2v) is 6.72. The lowest BCUT2D eigenvalue weighted by molar-refractivity contribution is -0.131. The Balaban J connectivity index is 1.78. The third-order valence-electron chi connectivity index (χ3n) is 4.47. The van der Waals surface area contributed by atoms with Crippen LogP contribution in [-0.4, -0.2) is 49.0 Å². The Bertz CT molecular complexity index is 1060. The molecule has 3 rings (SSSR count). The van der Waals surface area contributed by atoms with Gasteiger partial charge in [-0.1, -0.05) is 12.1 Å². The number of carboxylic acids is 1. The van der Waals surface area contributed by atoms with Crippen molar-refractivity contribution in [1.29, 1.82) is 0 Å². The molecule has 0 fully saturated rings. The predicted octanol–water partition coefficient (Wildman–Crippen LogP) is 2.16. The van der Waals surface area contributed by atoms with Crippen molar-refractivity contribution in [2.24, 2.45) is 4.99 Å². The maximum atomic E-state index is 12.7. The van der Waals surface area contributed by atoms with Gasteiger partial charge in [0, 0.05) is 48.7 Å². The number of carboxylic acid groups (broad SMARTS) is 1. The van der Waals surface area contributed by atoms with E-state index in [9.17, 15) is 14.4 Å². The molecule has 0 saturated carbocycles. The van der Waals surface area contributed by atoms with Crippen molar-refractivity contribution in [1.82, 2.24) is 10.6 Å². The second-order valence-electron chi connectivity index (χ2n) is 6.72. The third kappa shape index (κ3) is 5.92. The molecule has 0 aliphatic carbocycles. The fraction of sp³-hybridized carbons (Fsp3) is 0.182.